The topological polar surface area (TPSA) is 41.6 Å². The van der Waals surface area contributed by atoms with Gasteiger partial charge in [-0.05, 0) is 36.3 Å². The van der Waals surface area contributed by atoms with E-state index in [1.807, 2.05) is 25.3 Å². The van der Waals surface area contributed by atoms with Crippen LogP contribution in [0.2, 0.25) is 0 Å². The van der Waals surface area contributed by atoms with E-state index < -0.39 is 0 Å². The van der Waals surface area contributed by atoms with Gasteiger partial charge >= 0.3 is 0 Å². The van der Waals surface area contributed by atoms with Crippen molar-refractivity contribution < 1.29 is 0 Å². The SMILES string of the molecule is Cc1cnc(=S)[nH]c1Cc1cccnc1. The molecular weight excluding hydrogens is 206 g/mol. The van der Waals surface area contributed by atoms with Gasteiger partial charge in [0, 0.05) is 30.7 Å². The summed E-state index contributed by atoms with van der Waals surface area (Å²) in [7, 11) is 0. The minimum Gasteiger partial charge on any atom is -0.334 e. The van der Waals surface area contributed by atoms with E-state index in [2.05, 4.69) is 15.0 Å². The van der Waals surface area contributed by atoms with Gasteiger partial charge in [0.1, 0.15) is 0 Å². The lowest BCUT2D eigenvalue weighted by Gasteiger charge is -2.04. The maximum Gasteiger partial charge on any atom is 0.196 e. The fourth-order valence-corrected chi connectivity index (χ4v) is 1.56. The van der Waals surface area contributed by atoms with Crippen LogP contribution in [0.1, 0.15) is 16.8 Å². The number of rotatable bonds is 2. The summed E-state index contributed by atoms with van der Waals surface area (Å²) >= 11 is 4.99. The van der Waals surface area contributed by atoms with E-state index in [1.54, 1.807) is 12.4 Å². The van der Waals surface area contributed by atoms with Gasteiger partial charge in [0.2, 0.25) is 0 Å². The van der Waals surface area contributed by atoms with Gasteiger partial charge in [0.25, 0.3) is 0 Å². The highest BCUT2D eigenvalue weighted by molar-refractivity contribution is 7.71. The molecule has 1 N–H and O–H groups in total. The highest BCUT2D eigenvalue weighted by atomic mass is 32.1. The Balaban J connectivity index is 2.32. The number of H-pyrrole nitrogens is 1. The first-order chi connectivity index (χ1) is 7.25. The molecule has 2 rings (SSSR count). The molecular formula is C11H11N3S. The van der Waals surface area contributed by atoms with Gasteiger partial charge in [-0.15, -0.1) is 0 Å². The molecule has 0 bridgehead atoms. The van der Waals surface area contributed by atoms with E-state index in [0.717, 1.165) is 23.2 Å². The van der Waals surface area contributed by atoms with Crippen molar-refractivity contribution >= 4 is 12.2 Å². The minimum atomic E-state index is 0.527. The van der Waals surface area contributed by atoms with Crippen LogP contribution in [-0.2, 0) is 6.42 Å². The van der Waals surface area contributed by atoms with Crippen molar-refractivity contribution in [2.45, 2.75) is 13.3 Å². The van der Waals surface area contributed by atoms with Crippen molar-refractivity contribution in [2.75, 3.05) is 0 Å². The first kappa shape index (κ1) is 9.98. The van der Waals surface area contributed by atoms with Gasteiger partial charge in [-0.1, -0.05) is 6.07 Å². The summed E-state index contributed by atoms with van der Waals surface area (Å²) in [6.07, 6.45) is 6.23. The van der Waals surface area contributed by atoms with Crippen LogP contribution in [-0.4, -0.2) is 15.0 Å². The average molecular weight is 217 g/mol. The number of pyridine rings is 1. The molecule has 15 heavy (non-hydrogen) atoms. The fourth-order valence-electron chi connectivity index (χ4n) is 1.38. The molecule has 0 aliphatic carbocycles. The van der Waals surface area contributed by atoms with Crippen LogP contribution in [0.3, 0.4) is 0 Å². The molecule has 2 heterocycles. The van der Waals surface area contributed by atoms with E-state index in [9.17, 15) is 0 Å². The second-order valence-corrected chi connectivity index (χ2v) is 3.77. The first-order valence-electron chi connectivity index (χ1n) is 4.69. The molecule has 4 heteroatoms. The molecule has 0 saturated carbocycles. The van der Waals surface area contributed by atoms with Crippen molar-refractivity contribution in [3.05, 3.63) is 52.3 Å². The molecule has 2 aromatic heterocycles. The third-order valence-corrected chi connectivity index (χ3v) is 2.42. The summed E-state index contributed by atoms with van der Waals surface area (Å²) in [5.74, 6) is 0. The maximum absolute atomic E-state index is 4.99. The maximum atomic E-state index is 4.99. The van der Waals surface area contributed by atoms with Crippen molar-refractivity contribution in [3.63, 3.8) is 0 Å². The number of nitrogens with one attached hydrogen (secondary N) is 1. The summed E-state index contributed by atoms with van der Waals surface area (Å²) in [5.41, 5.74) is 3.38. The predicted molar refractivity (Wildman–Crippen MR) is 61.2 cm³/mol. The van der Waals surface area contributed by atoms with Crippen molar-refractivity contribution in [3.8, 4) is 0 Å². The number of nitrogens with zero attached hydrogens (tertiary/aromatic N) is 2. The van der Waals surface area contributed by atoms with Gasteiger partial charge in [-0.3, -0.25) is 4.98 Å². The largest absolute Gasteiger partial charge is 0.334 e. The zero-order valence-corrected chi connectivity index (χ0v) is 9.21. The van der Waals surface area contributed by atoms with Gasteiger partial charge in [-0.2, -0.15) is 0 Å². The monoisotopic (exact) mass is 217 g/mol. The third-order valence-electron chi connectivity index (χ3n) is 2.21. The Morgan fingerprint density at radius 2 is 2.27 bits per heavy atom. The van der Waals surface area contributed by atoms with Crippen molar-refractivity contribution in [1.29, 1.82) is 0 Å². The van der Waals surface area contributed by atoms with E-state index in [0.29, 0.717) is 4.77 Å². The quantitative estimate of drug-likeness (QED) is 0.785. The highest BCUT2D eigenvalue weighted by Crippen LogP contribution is 2.08. The Hall–Kier alpha value is -1.55. The van der Waals surface area contributed by atoms with Gasteiger partial charge in [0.15, 0.2) is 4.77 Å². The zero-order valence-electron chi connectivity index (χ0n) is 8.40. The normalized spacial score (nSPS) is 10.2. The van der Waals surface area contributed by atoms with Crippen molar-refractivity contribution in [1.82, 2.24) is 15.0 Å². The van der Waals surface area contributed by atoms with Gasteiger partial charge in [-0.25, -0.2) is 4.98 Å². The molecule has 3 nitrogen and oxygen atoms in total. The average Bonchev–Trinajstić information content (AvgIpc) is 2.25. The van der Waals surface area contributed by atoms with Crippen LogP contribution in [0.25, 0.3) is 0 Å². The molecule has 0 atom stereocenters. The summed E-state index contributed by atoms with van der Waals surface area (Å²) in [6, 6.07) is 3.98. The minimum absolute atomic E-state index is 0.527. The van der Waals surface area contributed by atoms with Crippen molar-refractivity contribution in [2.24, 2.45) is 0 Å². The summed E-state index contributed by atoms with van der Waals surface area (Å²) in [6.45, 7) is 2.02. The molecule has 0 spiro atoms. The van der Waals surface area contributed by atoms with E-state index >= 15 is 0 Å². The number of aryl methyl sites for hydroxylation is 1. The summed E-state index contributed by atoms with van der Waals surface area (Å²) < 4.78 is 0.527. The number of hydrogen-bond acceptors (Lipinski definition) is 3. The van der Waals surface area contributed by atoms with Crippen LogP contribution >= 0.6 is 12.2 Å². The molecule has 0 amide bonds. The van der Waals surface area contributed by atoms with Gasteiger partial charge in [0.05, 0.1) is 0 Å². The van der Waals surface area contributed by atoms with E-state index in [-0.39, 0.29) is 0 Å². The lowest BCUT2D eigenvalue weighted by Crippen LogP contribution is -1.98. The number of aromatic amines is 1. The lowest BCUT2D eigenvalue weighted by atomic mass is 10.1. The fraction of sp³-hybridized carbons (Fsp3) is 0.182. The Labute approximate surface area is 93.2 Å². The Morgan fingerprint density at radius 1 is 1.40 bits per heavy atom. The first-order valence-corrected chi connectivity index (χ1v) is 5.10. The second kappa shape index (κ2) is 4.31. The van der Waals surface area contributed by atoms with Crippen LogP contribution in [0.4, 0.5) is 0 Å². The molecule has 2 aromatic rings. The Kier molecular flexibility index (Phi) is 2.87. The van der Waals surface area contributed by atoms with Crippen LogP contribution in [0, 0.1) is 11.7 Å². The number of hydrogen-bond donors (Lipinski definition) is 1. The molecule has 0 aromatic carbocycles. The van der Waals surface area contributed by atoms with Crippen LogP contribution < -0.4 is 0 Å². The van der Waals surface area contributed by atoms with Crippen LogP contribution in [0.5, 0.6) is 0 Å². The molecule has 0 aliphatic heterocycles. The standard InChI is InChI=1S/C11H11N3S/c1-8-6-13-11(15)14-10(8)5-9-3-2-4-12-7-9/h2-4,6-7H,5H2,1H3,(H,13,14,15). The Morgan fingerprint density at radius 3 is 3.00 bits per heavy atom. The van der Waals surface area contributed by atoms with E-state index in [1.165, 1.54) is 0 Å². The molecule has 0 unspecified atom stereocenters. The number of aromatic nitrogens is 3. The second-order valence-electron chi connectivity index (χ2n) is 3.39. The molecule has 0 saturated heterocycles. The highest BCUT2D eigenvalue weighted by Gasteiger charge is 2.00. The van der Waals surface area contributed by atoms with E-state index in [4.69, 9.17) is 12.2 Å². The third kappa shape index (κ3) is 2.47. The molecule has 0 fully saturated rings. The van der Waals surface area contributed by atoms with Crippen LogP contribution in [0.15, 0.2) is 30.7 Å². The zero-order chi connectivity index (χ0) is 10.7. The molecule has 0 radical (unpaired) electrons. The smallest absolute Gasteiger partial charge is 0.196 e. The van der Waals surface area contributed by atoms with Gasteiger partial charge < -0.3 is 4.98 Å². The predicted octanol–water partition coefficient (Wildman–Crippen LogP) is 2.43. The molecule has 0 aliphatic rings. The summed E-state index contributed by atoms with van der Waals surface area (Å²) in [5, 5.41) is 0. The Bertz CT molecular complexity index is 505. The summed E-state index contributed by atoms with van der Waals surface area (Å²) in [4.78, 5) is 11.2. The lowest BCUT2D eigenvalue weighted by molar-refractivity contribution is 0.974. The molecule has 76 valence electrons.